The van der Waals surface area contributed by atoms with E-state index in [4.69, 9.17) is 0 Å². The smallest absolute Gasteiger partial charge is 0.387 e. The van der Waals surface area contributed by atoms with Crippen molar-refractivity contribution >= 4 is 17.6 Å². The van der Waals surface area contributed by atoms with Crippen LogP contribution in [-0.2, 0) is 15.8 Å². The fourth-order valence-electron chi connectivity index (χ4n) is 5.60. The van der Waals surface area contributed by atoms with Crippen LogP contribution in [-0.4, -0.2) is 64.0 Å². The van der Waals surface area contributed by atoms with E-state index in [2.05, 4.69) is 20.2 Å². The Morgan fingerprint density at radius 2 is 1.83 bits per heavy atom. The number of hydrogen-bond donors (Lipinski definition) is 2. The van der Waals surface area contributed by atoms with Gasteiger partial charge in [0.15, 0.2) is 0 Å². The highest BCUT2D eigenvalue weighted by atomic mass is 19.4. The van der Waals surface area contributed by atoms with E-state index < -0.39 is 29.8 Å². The second-order valence-corrected chi connectivity index (χ2v) is 9.77. The van der Waals surface area contributed by atoms with Gasteiger partial charge in [-0.15, -0.1) is 0 Å². The van der Waals surface area contributed by atoms with Crippen molar-refractivity contribution in [2.75, 3.05) is 31.1 Å². The number of aromatic nitrogens is 2. The number of halogens is 3. The topological polar surface area (TPSA) is 98.7 Å². The van der Waals surface area contributed by atoms with Crippen molar-refractivity contribution in [1.82, 2.24) is 20.2 Å². The number of aliphatic hydroxyl groups excluding tert-OH is 1. The van der Waals surface area contributed by atoms with Crippen molar-refractivity contribution in [3.63, 3.8) is 0 Å². The first-order chi connectivity index (χ1) is 17.1. The summed E-state index contributed by atoms with van der Waals surface area (Å²) in [5.41, 5.74) is 1.28. The number of aliphatic hydroxyl groups is 1. The third-order valence-electron chi connectivity index (χ3n) is 7.46. The first-order valence-corrected chi connectivity index (χ1v) is 12.2. The number of carbonyl (C=O) groups excluding carboxylic acids is 2. The van der Waals surface area contributed by atoms with Gasteiger partial charge < -0.3 is 20.2 Å². The molecule has 1 aromatic carbocycles. The van der Waals surface area contributed by atoms with Crippen LogP contribution in [0.5, 0.6) is 0 Å². The molecule has 8 nitrogen and oxygen atoms in total. The lowest BCUT2D eigenvalue weighted by Crippen LogP contribution is -2.52. The van der Waals surface area contributed by atoms with Gasteiger partial charge in [0, 0.05) is 44.2 Å². The summed E-state index contributed by atoms with van der Waals surface area (Å²) in [7, 11) is 0. The second kappa shape index (κ2) is 9.34. The van der Waals surface area contributed by atoms with Crippen molar-refractivity contribution in [3.8, 4) is 0 Å². The molecule has 0 spiro atoms. The molecule has 2 saturated heterocycles. The largest absolute Gasteiger partial charge is 0.416 e. The molecular weight excluding hydrogens is 475 g/mol. The molecule has 2 aliphatic heterocycles. The highest BCUT2D eigenvalue weighted by molar-refractivity contribution is 5.87. The molecule has 0 bridgehead atoms. The average molecular weight is 504 g/mol. The monoisotopic (exact) mass is 503 g/mol. The van der Waals surface area contributed by atoms with Gasteiger partial charge in [0.05, 0.1) is 23.3 Å². The maximum Gasteiger partial charge on any atom is 0.416 e. The molecule has 1 unspecified atom stereocenters. The zero-order valence-electron chi connectivity index (χ0n) is 19.8. The Morgan fingerprint density at radius 1 is 1.14 bits per heavy atom. The number of nitrogens with zero attached hydrogens (tertiary/aromatic N) is 4. The Balaban J connectivity index is 1.34. The van der Waals surface area contributed by atoms with Gasteiger partial charge in [-0.05, 0) is 36.5 Å². The van der Waals surface area contributed by atoms with Crippen LogP contribution in [0.1, 0.15) is 66.5 Å². The predicted octanol–water partition coefficient (Wildman–Crippen LogP) is 2.75. The van der Waals surface area contributed by atoms with Crippen LogP contribution in [0.3, 0.4) is 0 Å². The number of benzene rings is 1. The van der Waals surface area contributed by atoms with E-state index in [-0.39, 0.29) is 24.2 Å². The average Bonchev–Trinajstić information content (AvgIpc) is 3.41. The quantitative estimate of drug-likeness (QED) is 0.666. The van der Waals surface area contributed by atoms with E-state index >= 15 is 0 Å². The van der Waals surface area contributed by atoms with Gasteiger partial charge in [0.25, 0.3) is 0 Å². The molecule has 192 valence electrons. The lowest BCUT2D eigenvalue weighted by atomic mass is 9.88. The Kier molecular flexibility index (Phi) is 6.36. The Morgan fingerprint density at radius 3 is 2.44 bits per heavy atom. The van der Waals surface area contributed by atoms with E-state index in [9.17, 15) is 27.9 Å². The Bertz CT molecular complexity index is 1150. The van der Waals surface area contributed by atoms with Crippen LogP contribution in [0.25, 0.3) is 0 Å². The SMILES string of the molecule is C[C@@H]1C[C@@H](O)c2ncnc(N3CCN(C(=O)[C@@H](c4ccc(C(F)(F)F)cc4)C4CCC(=O)N4)CC3)c21. The molecule has 2 N–H and O–H groups in total. The molecule has 36 heavy (non-hydrogen) atoms. The number of fused-ring (bicyclic) bond motifs is 1. The van der Waals surface area contributed by atoms with Gasteiger partial charge in [0.1, 0.15) is 12.1 Å². The molecule has 5 rings (SSSR count). The molecule has 2 fully saturated rings. The summed E-state index contributed by atoms with van der Waals surface area (Å²) in [5, 5.41) is 13.1. The fraction of sp³-hybridized carbons (Fsp3) is 0.520. The van der Waals surface area contributed by atoms with Crippen molar-refractivity contribution in [2.24, 2.45) is 0 Å². The molecule has 11 heteroatoms. The number of hydrogen-bond acceptors (Lipinski definition) is 6. The summed E-state index contributed by atoms with van der Waals surface area (Å²) in [5.74, 6) is -0.232. The fourth-order valence-corrected chi connectivity index (χ4v) is 5.60. The van der Waals surface area contributed by atoms with Crippen molar-refractivity contribution in [2.45, 2.75) is 56.3 Å². The third-order valence-corrected chi connectivity index (χ3v) is 7.46. The summed E-state index contributed by atoms with van der Waals surface area (Å²) in [4.78, 5) is 38.1. The number of rotatable bonds is 4. The van der Waals surface area contributed by atoms with Crippen molar-refractivity contribution in [1.29, 1.82) is 0 Å². The summed E-state index contributed by atoms with van der Waals surface area (Å²) < 4.78 is 39.2. The van der Waals surface area contributed by atoms with E-state index in [0.717, 1.165) is 23.5 Å². The molecular formula is C25H28F3N5O3. The second-order valence-electron chi connectivity index (χ2n) is 9.77. The number of amides is 2. The van der Waals surface area contributed by atoms with E-state index in [1.807, 2.05) is 6.92 Å². The molecule has 4 atom stereocenters. The van der Waals surface area contributed by atoms with Crippen molar-refractivity contribution in [3.05, 3.63) is 53.0 Å². The predicted molar refractivity (Wildman–Crippen MR) is 124 cm³/mol. The number of anilines is 1. The first kappa shape index (κ1) is 24.5. The lowest BCUT2D eigenvalue weighted by Gasteiger charge is -2.38. The summed E-state index contributed by atoms with van der Waals surface area (Å²) in [6.07, 6.45) is -2.29. The molecule has 1 aromatic heterocycles. The van der Waals surface area contributed by atoms with Gasteiger partial charge in [-0.2, -0.15) is 13.2 Å². The van der Waals surface area contributed by atoms with Gasteiger partial charge in [-0.3, -0.25) is 9.59 Å². The molecule has 0 saturated carbocycles. The van der Waals surface area contributed by atoms with Crippen LogP contribution in [0.15, 0.2) is 30.6 Å². The standard InChI is InChI=1S/C25H28F3N5O3/c1-14-12-18(34)22-20(14)23(30-13-29-22)32-8-10-33(11-9-32)24(36)21(17-6-7-19(35)31-17)15-2-4-16(5-3-15)25(26,27)28/h2-5,13-14,17-18,21,34H,6-12H2,1H3,(H,31,35)/t14-,17?,18-,21+/m1/s1. The molecule has 2 aromatic rings. The Labute approximate surface area is 206 Å². The molecule has 3 heterocycles. The number of alkyl halides is 3. The van der Waals surface area contributed by atoms with Crippen LogP contribution in [0, 0.1) is 0 Å². The van der Waals surface area contributed by atoms with E-state index in [1.165, 1.54) is 18.5 Å². The number of nitrogens with one attached hydrogen (secondary N) is 1. The minimum Gasteiger partial charge on any atom is -0.387 e. The highest BCUT2D eigenvalue weighted by Gasteiger charge is 2.39. The number of piperazine rings is 1. The highest BCUT2D eigenvalue weighted by Crippen LogP contribution is 2.43. The van der Waals surface area contributed by atoms with Crippen molar-refractivity contribution < 1.29 is 27.9 Å². The maximum atomic E-state index is 13.7. The normalized spacial score (nSPS) is 25.0. The minimum atomic E-state index is -4.47. The molecule has 1 aliphatic carbocycles. The zero-order valence-corrected chi connectivity index (χ0v) is 19.8. The molecule has 0 radical (unpaired) electrons. The number of carbonyl (C=O) groups is 2. The van der Waals surface area contributed by atoms with Crippen LogP contribution >= 0.6 is 0 Å². The van der Waals surface area contributed by atoms with E-state index in [1.54, 1.807) is 4.90 Å². The Hall–Kier alpha value is -3.21. The zero-order chi connectivity index (χ0) is 25.6. The van der Waals surface area contributed by atoms with Crippen LogP contribution in [0.4, 0.5) is 19.0 Å². The van der Waals surface area contributed by atoms with Gasteiger partial charge in [-0.1, -0.05) is 19.1 Å². The lowest BCUT2D eigenvalue weighted by molar-refractivity contribution is -0.137. The van der Waals surface area contributed by atoms with E-state index in [0.29, 0.717) is 50.3 Å². The van der Waals surface area contributed by atoms with Gasteiger partial charge in [0.2, 0.25) is 11.8 Å². The molecule has 2 amide bonds. The van der Waals surface area contributed by atoms with Gasteiger partial charge in [-0.25, -0.2) is 9.97 Å². The summed E-state index contributed by atoms with van der Waals surface area (Å²) in [6, 6.07) is 4.17. The summed E-state index contributed by atoms with van der Waals surface area (Å²) >= 11 is 0. The minimum absolute atomic E-state index is 0.126. The van der Waals surface area contributed by atoms with Crippen LogP contribution in [0.2, 0.25) is 0 Å². The summed E-state index contributed by atoms with van der Waals surface area (Å²) in [6.45, 7) is 3.90. The maximum absolute atomic E-state index is 13.7. The molecule has 3 aliphatic rings. The van der Waals surface area contributed by atoms with Crippen LogP contribution < -0.4 is 10.2 Å². The first-order valence-electron chi connectivity index (χ1n) is 12.2. The third kappa shape index (κ3) is 4.52. The van der Waals surface area contributed by atoms with Gasteiger partial charge >= 0.3 is 6.18 Å².